The van der Waals surface area contributed by atoms with Gasteiger partial charge in [0.1, 0.15) is 16.1 Å². The first-order valence-electron chi connectivity index (χ1n) is 5.97. The number of alkyl halides is 3. The van der Waals surface area contributed by atoms with Crippen molar-refractivity contribution in [3.05, 3.63) is 27.0 Å². The number of pyridine rings is 1. The Balaban J connectivity index is 3.46. The van der Waals surface area contributed by atoms with E-state index in [9.17, 15) is 22.8 Å². The molecule has 0 radical (unpaired) electrons. The van der Waals surface area contributed by atoms with Crippen LogP contribution in [0.25, 0.3) is 0 Å². The van der Waals surface area contributed by atoms with E-state index in [1.807, 2.05) is 0 Å². The highest BCUT2D eigenvalue weighted by Crippen LogP contribution is 2.39. The van der Waals surface area contributed by atoms with Crippen molar-refractivity contribution in [2.24, 2.45) is 5.73 Å². The van der Waals surface area contributed by atoms with Crippen LogP contribution in [-0.4, -0.2) is 28.4 Å². The third kappa shape index (κ3) is 4.31. The number of aliphatic hydroxyl groups is 1. The summed E-state index contributed by atoms with van der Waals surface area (Å²) in [7, 11) is 0. The first-order chi connectivity index (χ1) is 10.1. The monoisotopic (exact) mass is 358 g/mol. The highest BCUT2D eigenvalue weighted by Gasteiger charge is 2.40. The molecule has 0 saturated carbocycles. The normalized spacial score (nSPS) is 11.5. The third-order valence-electron chi connectivity index (χ3n) is 2.72. The van der Waals surface area contributed by atoms with Gasteiger partial charge >= 0.3 is 6.18 Å². The van der Waals surface area contributed by atoms with Crippen molar-refractivity contribution in [3.63, 3.8) is 0 Å². The Labute approximate surface area is 133 Å². The van der Waals surface area contributed by atoms with E-state index >= 15 is 0 Å². The van der Waals surface area contributed by atoms with Gasteiger partial charge in [0.15, 0.2) is 0 Å². The van der Waals surface area contributed by atoms with E-state index in [4.69, 9.17) is 34.0 Å². The molecule has 0 saturated heterocycles. The fourth-order valence-electron chi connectivity index (χ4n) is 1.83. The van der Waals surface area contributed by atoms with Crippen LogP contribution in [0.4, 0.5) is 13.2 Å². The highest BCUT2D eigenvalue weighted by atomic mass is 35.5. The lowest BCUT2D eigenvalue weighted by Gasteiger charge is -2.17. The van der Waals surface area contributed by atoms with E-state index in [1.165, 1.54) is 0 Å². The van der Waals surface area contributed by atoms with Gasteiger partial charge in [-0.2, -0.15) is 13.2 Å². The number of nitrogens with zero attached hydrogens (tertiary/aromatic N) is 1. The van der Waals surface area contributed by atoms with Gasteiger partial charge in [0.2, 0.25) is 0 Å². The highest BCUT2D eigenvalue weighted by molar-refractivity contribution is 6.35. The van der Waals surface area contributed by atoms with E-state index < -0.39 is 51.3 Å². The lowest BCUT2D eigenvalue weighted by molar-refractivity contribution is -0.138. The van der Waals surface area contributed by atoms with E-state index in [2.05, 4.69) is 4.98 Å². The van der Waals surface area contributed by atoms with Crippen LogP contribution < -0.4 is 5.73 Å². The molecule has 0 aliphatic rings. The fourth-order valence-corrected chi connectivity index (χ4v) is 2.39. The second kappa shape index (κ2) is 7.26. The molecule has 5 nitrogen and oxygen atoms in total. The van der Waals surface area contributed by atoms with Gasteiger partial charge in [-0.15, -0.1) is 0 Å². The summed E-state index contributed by atoms with van der Waals surface area (Å²) in [5, 5.41) is 7.22. The maximum Gasteiger partial charge on any atom is 0.417 e. The molecule has 1 heterocycles. The number of Topliss-reactive ketones (excluding diaryl/α,β-unsaturated/α-hetero) is 1. The number of halogens is 5. The van der Waals surface area contributed by atoms with Crippen LogP contribution in [0.5, 0.6) is 0 Å². The maximum atomic E-state index is 13.2. The van der Waals surface area contributed by atoms with Crippen LogP contribution in [0.15, 0.2) is 0 Å². The third-order valence-corrected chi connectivity index (χ3v) is 3.31. The molecule has 0 aliphatic heterocycles. The van der Waals surface area contributed by atoms with Gasteiger partial charge in [0.05, 0.1) is 11.1 Å². The Morgan fingerprint density at radius 2 is 1.82 bits per heavy atom. The zero-order chi connectivity index (χ0) is 17.1. The first kappa shape index (κ1) is 18.7. The summed E-state index contributed by atoms with van der Waals surface area (Å²) in [6, 6.07) is 0. The minimum atomic E-state index is -4.99. The minimum absolute atomic E-state index is 0.0987. The van der Waals surface area contributed by atoms with Crippen molar-refractivity contribution in [2.45, 2.75) is 25.4 Å². The molecule has 1 aromatic heterocycles. The molecule has 3 N–H and O–H groups in total. The van der Waals surface area contributed by atoms with Gasteiger partial charge < -0.3 is 10.8 Å². The standard InChI is InChI=1S/C12H11Cl2F3N2O3/c13-9-6(4-5(21)2-1-3-20)8(12(15,16)17)7(11(18)22)10(14)19-9/h20H,1-4H2,(H2,18,22). The zero-order valence-electron chi connectivity index (χ0n) is 11.0. The molecule has 0 atom stereocenters. The van der Waals surface area contributed by atoms with Crippen LogP contribution in [0.1, 0.15) is 34.3 Å². The molecule has 122 valence electrons. The van der Waals surface area contributed by atoms with Crippen molar-refractivity contribution in [1.82, 2.24) is 4.98 Å². The summed E-state index contributed by atoms with van der Waals surface area (Å²) < 4.78 is 39.7. The molecular weight excluding hydrogens is 348 g/mol. The average molecular weight is 359 g/mol. The molecule has 0 aromatic carbocycles. The van der Waals surface area contributed by atoms with Crippen LogP contribution in [-0.2, 0) is 17.4 Å². The molecule has 0 fully saturated rings. The number of aliphatic hydroxyl groups excluding tert-OH is 1. The predicted octanol–water partition coefficient (Wildman–Crippen LogP) is 2.39. The number of rotatable bonds is 6. The quantitative estimate of drug-likeness (QED) is 0.763. The van der Waals surface area contributed by atoms with Crippen molar-refractivity contribution in [3.8, 4) is 0 Å². The van der Waals surface area contributed by atoms with E-state index in [1.54, 1.807) is 0 Å². The van der Waals surface area contributed by atoms with Gasteiger partial charge in [-0.1, -0.05) is 23.2 Å². The van der Waals surface area contributed by atoms with Gasteiger partial charge in [0, 0.05) is 25.0 Å². The Bertz CT molecular complexity index is 606. The summed E-state index contributed by atoms with van der Waals surface area (Å²) in [5.74, 6) is -2.02. The van der Waals surface area contributed by atoms with E-state index in [-0.39, 0.29) is 19.4 Å². The Morgan fingerprint density at radius 3 is 2.27 bits per heavy atom. The molecule has 10 heteroatoms. The first-order valence-corrected chi connectivity index (χ1v) is 6.72. The Kier molecular flexibility index (Phi) is 6.16. The summed E-state index contributed by atoms with van der Waals surface area (Å²) in [4.78, 5) is 26.3. The molecule has 22 heavy (non-hydrogen) atoms. The Morgan fingerprint density at radius 1 is 1.23 bits per heavy atom. The largest absolute Gasteiger partial charge is 0.417 e. The summed E-state index contributed by atoms with van der Waals surface area (Å²) in [5.41, 5.74) is 1.78. The zero-order valence-corrected chi connectivity index (χ0v) is 12.5. The Hall–Kier alpha value is -1.38. The van der Waals surface area contributed by atoms with Crippen LogP contribution in [0.2, 0.25) is 10.3 Å². The number of aromatic nitrogens is 1. The van der Waals surface area contributed by atoms with Crippen molar-refractivity contribution >= 4 is 34.9 Å². The average Bonchev–Trinajstić information content (AvgIpc) is 2.37. The second-order valence-electron chi connectivity index (χ2n) is 4.33. The number of amides is 1. The maximum absolute atomic E-state index is 13.2. The van der Waals surface area contributed by atoms with Gasteiger partial charge in [-0.25, -0.2) is 4.98 Å². The van der Waals surface area contributed by atoms with Gasteiger partial charge in [-0.05, 0) is 6.42 Å². The van der Waals surface area contributed by atoms with Gasteiger partial charge in [0.25, 0.3) is 5.91 Å². The van der Waals surface area contributed by atoms with E-state index in [0.29, 0.717) is 0 Å². The van der Waals surface area contributed by atoms with Crippen molar-refractivity contribution in [2.75, 3.05) is 6.61 Å². The topological polar surface area (TPSA) is 93.3 Å². The molecule has 0 aliphatic carbocycles. The number of nitrogens with two attached hydrogens (primary N) is 1. The number of carbonyl (C=O) groups is 2. The summed E-state index contributed by atoms with van der Waals surface area (Å²) in [6.07, 6.45) is -5.73. The van der Waals surface area contributed by atoms with E-state index in [0.717, 1.165) is 0 Å². The molecule has 0 bridgehead atoms. The number of ketones is 1. The van der Waals surface area contributed by atoms with Crippen molar-refractivity contribution in [1.29, 1.82) is 0 Å². The molecule has 1 aromatic rings. The van der Waals surface area contributed by atoms with Crippen LogP contribution in [0, 0.1) is 0 Å². The number of primary amides is 1. The minimum Gasteiger partial charge on any atom is -0.396 e. The van der Waals surface area contributed by atoms with Crippen LogP contribution >= 0.6 is 23.2 Å². The smallest absolute Gasteiger partial charge is 0.396 e. The molecular formula is C12H11Cl2F3N2O3. The summed E-state index contributed by atoms with van der Waals surface area (Å²) in [6.45, 7) is -0.281. The molecule has 0 spiro atoms. The lowest BCUT2D eigenvalue weighted by atomic mass is 9.98. The molecule has 1 rings (SSSR count). The fraction of sp³-hybridized carbons (Fsp3) is 0.417. The number of hydrogen-bond donors (Lipinski definition) is 2. The predicted molar refractivity (Wildman–Crippen MR) is 72.8 cm³/mol. The van der Waals surface area contributed by atoms with Crippen molar-refractivity contribution < 1.29 is 27.9 Å². The lowest BCUT2D eigenvalue weighted by Crippen LogP contribution is -2.23. The SMILES string of the molecule is NC(=O)c1c(Cl)nc(Cl)c(CC(=O)CCCO)c1C(F)(F)F. The van der Waals surface area contributed by atoms with Crippen LogP contribution in [0.3, 0.4) is 0 Å². The number of hydrogen-bond acceptors (Lipinski definition) is 4. The number of carbonyl (C=O) groups excluding carboxylic acids is 2. The molecule has 0 unspecified atom stereocenters. The van der Waals surface area contributed by atoms with Gasteiger partial charge in [-0.3, -0.25) is 9.59 Å². The summed E-state index contributed by atoms with van der Waals surface area (Å²) >= 11 is 11.2. The second-order valence-corrected chi connectivity index (χ2v) is 5.04. The molecule has 1 amide bonds.